The van der Waals surface area contributed by atoms with Gasteiger partial charge in [0, 0.05) is 36.3 Å². The highest BCUT2D eigenvalue weighted by Crippen LogP contribution is 2.34. The van der Waals surface area contributed by atoms with Crippen LogP contribution in [0.4, 0.5) is 11.4 Å². The number of nitrogen functional groups attached to an aromatic ring is 1. The number of nitrogens with two attached hydrogens (primary N) is 1. The van der Waals surface area contributed by atoms with Crippen LogP contribution in [0.25, 0.3) is 11.4 Å². The Morgan fingerprint density at radius 3 is 2.76 bits per heavy atom. The summed E-state index contributed by atoms with van der Waals surface area (Å²) >= 11 is 0. The summed E-state index contributed by atoms with van der Waals surface area (Å²) in [5.74, 6) is 1.79. The van der Waals surface area contributed by atoms with Gasteiger partial charge in [-0.1, -0.05) is 12.8 Å². The number of nitrogens with zero attached hydrogens (tertiary/aromatic N) is 4. The minimum Gasteiger partial charge on any atom is -0.398 e. The molecule has 1 aromatic carbocycles. The van der Waals surface area contributed by atoms with Crippen molar-refractivity contribution in [3.8, 4) is 11.4 Å². The smallest absolute Gasteiger partial charge is 0.270 e. The molecule has 2 aromatic rings. The van der Waals surface area contributed by atoms with E-state index in [1.165, 1.54) is 31.0 Å². The van der Waals surface area contributed by atoms with Crippen LogP contribution < -0.4 is 5.73 Å². The van der Waals surface area contributed by atoms with Crippen molar-refractivity contribution in [2.75, 3.05) is 5.73 Å². The highest BCUT2D eigenvalue weighted by atomic mass is 16.6. The minimum absolute atomic E-state index is 0.00427. The van der Waals surface area contributed by atoms with E-state index in [2.05, 4.69) is 10.1 Å². The van der Waals surface area contributed by atoms with Crippen LogP contribution in [0.15, 0.2) is 18.2 Å². The maximum absolute atomic E-state index is 10.9. The van der Waals surface area contributed by atoms with E-state index in [9.17, 15) is 10.1 Å². The molecule has 7 nitrogen and oxygen atoms in total. The Morgan fingerprint density at radius 1 is 1.38 bits per heavy atom. The molecule has 0 spiro atoms. The van der Waals surface area contributed by atoms with Crippen molar-refractivity contribution in [3.63, 3.8) is 0 Å². The van der Waals surface area contributed by atoms with E-state index in [0.29, 0.717) is 23.0 Å². The minimum atomic E-state index is -0.433. The summed E-state index contributed by atoms with van der Waals surface area (Å²) in [5.41, 5.74) is 6.98. The zero-order valence-corrected chi connectivity index (χ0v) is 11.8. The number of benzene rings is 1. The maximum Gasteiger partial charge on any atom is 0.270 e. The normalized spacial score (nSPS) is 15.5. The van der Waals surface area contributed by atoms with Crippen molar-refractivity contribution >= 4 is 11.4 Å². The predicted octanol–water partition coefficient (Wildman–Crippen LogP) is 2.63. The third-order valence-electron chi connectivity index (χ3n) is 3.99. The lowest BCUT2D eigenvalue weighted by atomic mass is 10.1. The molecule has 0 unspecified atom stereocenters. The van der Waals surface area contributed by atoms with Crippen molar-refractivity contribution in [2.24, 2.45) is 7.05 Å². The molecule has 110 valence electrons. The van der Waals surface area contributed by atoms with Gasteiger partial charge in [-0.05, 0) is 18.9 Å². The molecule has 0 bridgehead atoms. The molecule has 0 saturated heterocycles. The zero-order valence-electron chi connectivity index (χ0n) is 11.8. The SMILES string of the molecule is Cn1nc(C2CCCC2)nc1-c1cc([N+](=O)[O-])ccc1N. The highest BCUT2D eigenvalue weighted by molar-refractivity contribution is 5.74. The lowest BCUT2D eigenvalue weighted by molar-refractivity contribution is -0.384. The van der Waals surface area contributed by atoms with E-state index >= 15 is 0 Å². The molecule has 0 aliphatic heterocycles. The van der Waals surface area contributed by atoms with E-state index in [1.54, 1.807) is 11.7 Å². The first kappa shape index (κ1) is 13.5. The van der Waals surface area contributed by atoms with Crippen LogP contribution in [0.3, 0.4) is 0 Å². The van der Waals surface area contributed by atoms with Crippen LogP contribution >= 0.6 is 0 Å². The van der Waals surface area contributed by atoms with E-state index in [0.717, 1.165) is 18.7 Å². The van der Waals surface area contributed by atoms with Crippen LogP contribution in [-0.2, 0) is 7.05 Å². The van der Waals surface area contributed by atoms with Crippen molar-refractivity contribution in [2.45, 2.75) is 31.6 Å². The van der Waals surface area contributed by atoms with Gasteiger partial charge in [0.15, 0.2) is 11.6 Å². The summed E-state index contributed by atoms with van der Waals surface area (Å²) in [6.45, 7) is 0. The molecule has 21 heavy (non-hydrogen) atoms. The molecule has 2 N–H and O–H groups in total. The first-order valence-corrected chi connectivity index (χ1v) is 7.01. The molecule has 1 fully saturated rings. The van der Waals surface area contributed by atoms with Crippen LogP contribution in [-0.4, -0.2) is 19.7 Å². The fourth-order valence-corrected chi connectivity index (χ4v) is 2.85. The second kappa shape index (κ2) is 5.16. The second-order valence-electron chi connectivity index (χ2n) is 5.43. The lowest BCUT2D eigenvalue weighted by Gasteiger charge is -2.04. The Labute approximate surface area is 121 Å². The fourth-order valence-electron chi connectivity index (χ4n) is 2.85. The molecule has 0 atom stereocenters. The van der Waals surface area contributed by atoms with Crippen LogP contribution in [0.1, 0.15) is 37.4 Å². The number of non-ortho nitro benzene ring substituents is 1. The molecular weight excluding hydrogens is 270 g/mol. The summed E-state index contributed by atoms with van der Waals surface area (Å²) < 4.78 is 1.66. The number of hydrogen-bond donors (Lipinski definition) is 1. The van der Waals surface area contributed by atoms with Gasteiger partial charge < -0.3 is 5.73 Å². The zero-order chi connectivity index (χ0) is 15.0. The Bertz CT molecular complexity index is 689. The van der Waals surface area contributed by atoms with E-state index in [-0.39, 0.29) is 5.69 Å². The number of aryl methyl sites for hydroxylation is 1. The average molecular weight is 287 g/mol. The van der Waals surface area contributed by atoms with Crippen LogP contribution in [0.2, 0.25) is 0 Å². The number of nitro groups is 1. The van der Waals surface area contributed by atoms with Crippen molar-refractivity contribution in [1.29, 1.82) is 0 Å². The standard InChI is InChI=1S/C14H17N5O2/c1-18-14(16-13(17-18)9-4-2-3-5-9)11-8-10(19(20)21)6-7-12(11)15/h6-9H,2-5,15H2,1H3. The Morgan fingerprint density at radius 2 is 2.10 bits per heavy atom. The molecule has 3 rings (SSSR count). The monoisotopic (exact) mass is 287 g/mol. The highest BCUT2D eigenvalue weighted by Gasteiger charge is 2.23. The van der Waals surface area contributed by atoms with Gasteiger partial charge in [0.25, 0.3) is 5.69 Å². The summed E-state index contributed by atoms with van der Waals surface area (Å²) in [6.07, 6.45) is 4.62. The predicted molar refractivity (Wildman–Crippen MR) is 78.7 cm³/mol. The molecule has 0 amide bonds. The van der Waals surface area contributed by atoms with Gasteiger partial charge in [-0.3, -0.25) is 10.1 Å². The fraction of sp³-hybridized carbons (Fsp3) is 0.429. The van der Waals surface area contributed by atoms with Crippen LogP contribution in [0, 0.1) is 10.1 Å². The molecule has 1 heterocycles. The molecule has 7 heteroatoms. The number of rotatable bonds is 3. The maximum atomic E-state index is 10.9. The summed E-state index contributed by atoms with van der Waals surface area (Å²) in [7, 11) is 1.79. The Hall–Kier alpha value is -2.44. The number of hydrogen-bond acceptors (Lipinski definition) is 5. The number of aromatic nitrogens is 3. The van der Waals surface area contributed by atoms with Gasteiger partial charge in [0.2, 0.25) is 0 Å². The third-order valence-corrected chi connectivity index (χ3v) is 3.99. The van der Waals surface area contributed by atoms with Crippen LogP contribution in [0.5, 0.6) is 0 Å². The van der Waals surface area contributed by atoms with Gasteiger partial charge in [0.1, 0.15) is 0 Å². The third kappa shape index (κ3) is 2.46. The van der Waals surface area contributed by atoms with E-state index in [4.69, 9.17) is 5.73 Å². The quantitative estimate of drug-likeness (QED) is 0.531. The van der Waals surface area contributed by atoms with Gasteiger partial charge in [0.05, 0.1) is 4.92 Å². The first-order valence-electron chi connectivity index (χ1n) is 7.01. The Balaban J connectivity index is 2.03. The topological polar surface area (TPSA) is 99.9 Å². The number of nitro benzene ring substituents is 1. The van der Waals surface area contributed by atoms with Crippen molar-refractivity contribution < 1.29 is 4.92 Å². The summed E-state index contributed by atoms with van der Waals surface area (Å²) in [5, 5.41) is 15.4. The first-order chi connectivity index (χ1) is 10.1. The molecule has 1 saturated carbocycles. The van der Waals surface area contributed by atoms with E-state index in [1.807, 2.05) is 0 Å². The van der Waals surface area contributed by atoms with Gasteiger partial charge in [-0.25, -0.2) is 9.67 Å². The average Bonchev–Trinajstić information content (AvgIpc) is 3.08. The largest absolute Gasteiger partial charge is 0.398 e. The number of anilines is 1. The lowest BCUT2D eigenvalue weighted by Crippen LogP contribution is -1.99. The summed E-state index contributed by atoms with van der Waals surface area (Å²) in [4.78, 5) is 15.1. The van der Waals surface area contributed by atoms with E-state index < -0.39 is 4.92 Å². The molecule has 0 radical (unpaired) electrons. The molecule has 1 aliphatic rings. The Kier molecular flexibility index (Phi) is 3.32. The second-order valence-corrected chi connectivity index (χ2v) is 5.43. The van der Waals surface area contributed by atoms with Gasteiger partial charge >= 0.3 is 0 Å². The van der Waals surface area contributed by atoms with Gasteiger partial charge in [-0.15, -0.1) is 0 Å². The molecular formula is C14H17N5O2. The molecule has 1 aliphatic carbocycles. The molecule has 1 aromatic heterocycles. The van der Waals surface area contributed by atoms with Gasteiger partial charge in [-0.2, -0.15) is 5.10 Å². The van der Waals surface area contributed by atoms with Crippen molar-refractivity contribution in [1.82, 2.24) is 14.8 Å². The summed E-state index contributed by atoms with van der Waals surface area (Å²) in [6, 6.07) is 4.39. The van der Waals surface area contributed by atoms with Crippen molar-refractivity contribution in [3.05, 3.63) is 34.1 Å².